The Bertz CT molecular complexity index is 729. The van der Waals surface area contributed by atoms with Crippen molar-refractivity contribution in [3.8, 4) is 5.75 Å². The lowest BCUT2D eigenvalue weighted by Gasteiger charge is -2.09. The predicted octanol–water partition coefficient (Wildman–Crippen LogP) is 3.28. The monoisotopic (exact) mass is 355 g/mol. The lowest BCUT2D eigenvalue weighted by molar-refractivity contribution is -0.114. The molecule has 2 aromatic rings. The standard InChI is InChI=1S/C20H25N3O3/c1-3-4-12-21-20(25)15-8-10-16(11-9-15)23-19(24)14-22-17-6-5-7-18(13-17)26-2/h5-11,13,22H,3-4,12,14H2,1-2H3,(H,21,25)(H,23,24). The number of nitrogens with one attached hydrogen (secondary N) is 3. The number of benzene rings is 2. The molecule has 0 radical (unpaired) electrons. The van der Waals surface area contributed by atoms with Crippen molar-refractivity contribution in [2.24, 2.45) is 0 Å². The number of hydrogen-bond donors (Lipinski definition) is 3. The Kier molecular flexibility index (Phi) is 7.49. The minimum absolute atomic E-state index is 0.101. The Morgan fingerprint density at radius 3 is 2.50 bits per heavy atom. The average Bonchev–Trinajstić information content (AvgIpc) is 2.67. The zero-order valence-electron chi connectivity index (χ0n) is 15.2. The van der Waals surface area contributed by atoms with Crippen LogP contribution in [-0.4, -0.2) is 32.0 Å². The maximum atomic E-state index is 12.0. The first kappa shape index (κ1) is 19.3. The van der Waals surface area contributed by atoms with E-state index in [4.69, 9.17) is 4.74 Å². The molecule has 26 heavy (non-hydrogen) atoms. The molecule has 0 aliphatic heterocycles. The van der Waals surface area contributed by atoms with Crippen molar-refractivity contribution in [2.45, 2.75) is 19.8 Å². The van der Waals surface area contributed by atoms with E-state index in [9.17, 15) is 9.59 Å². The van der Waals surface area contributed by atoms with Crippen molar-refractivity contribution < 1.29 is 14.3 Å². The Labute approximate surface area is 153 Å². The van der Waals surface area contributed by atoms with Gasteiger partial charge in [0, 0.05) is 29.5 Å². The largest absolute Gasteiger partial charge is 0.497 e. The molecule has 0 aromatic heterocycles. The summed E-state index contributed by atoms with van der Waals surface area (Å²) in [6.45, 7) is 2.88. The minimum Gasteiger partial charge on any atom is -0.497 e. The Hall–Kier alpha value is -3.02. The molecular weight excluding hydrogens is 330 g/mol. The molecule has 0 atom stereocenters. The van der Waals surface area contributed by atoms with E-state index in [1.54, 1.807) is 31.4 Å². The van der Waals surface area contributed by atoms with Gasteiger partial charge in [-0.15, -0.1) is 0 Å². The second kappa shape index (κ2) is 10.1. The summed E-state index contributed by atoms with van der Waals surface area (Å²) in [5.74, 6) is 0.451. The molecule has 0 saturated heterocycles. The maximum Gasteiger partial charge on any atom is 0.251 e. The van der Waals surface area contributed by atoms with Crippen molar-refractivity contribution in [1.82, 2.24) is 5.32 Å². The molecule has 2 rings (SSSR count). The number of hydrogen-bond acceptors (Lipinski definition) is 4. The number of unbranched alkanes of at least 4 members (excludes halogenated alkanes) is 1. The van der Waals surface area contributed by atoms with Crippen LogP contribution in [0.1, 0.15) is 30.1 Å². The van der Waals surface area contributed by atoms with Crippen molar-refractivity contribution in [2.75, 3.05) is 30.8 Å². The third-order valence-corrected chi connectivity index (χ3v) is 3.77. The highest BCUT2D eigenvalue weighted by Gasteiger charge is 2.06. The summed E-state index contributed by atoms with van der Waals surface area (Å²) in [5.41, 5.74) is 2.03. The molecule has 0 aliphatic carbocycles. The molecule has 6 nitrogen and oxygen atoms in total. The van der Waals surface area contributed by atoms with Crippen molar-refractivity contribution in [3.05, 3.63) is 54.1 Å². The lowest BCUT2D eigenvalue weighted by Crippen LogP contribution is -2.24. The van der Waals surface area contributed by atoms with Gasteiger partial charge in [-0.25, -0.2) is 0 Å². The van der Waals surface area contributed by atoms with Crippen molar-refractivity contribution in [1.29, 1.82) is 0 Å². The summed E-state index contributed by atoms with van der Waals surface area (Å²) in [7, 11) is 1.60. The summed E-state index contributed by atoms with van der Waals surface area (Å²) in [6, 6.07) is 14.2. The fourth-order valence-electron chi connectivity index (χ4n) is 2.31. The molecule has 0 bridgehead atoms. The first-order valence-electron chi connectivity index (χ1n) is 8.68. The van der Waals surface area contributed by atoms with Crippen LogP contribution in [0, 0.1) is 0 Å². The van der Waals surface area contributed by atoms with Crippen LogP contribution in [-0.2, 0) is 4.79 Å². The Balaban J connectivity index is 1.82. The summed E-state index contributed by atoms with van der Waals surface area (Å²) in [6.07, 6.45) is 2.00. The van der Waals surface area contributed by atoms with Crippen LogP contribution < -0.4 is 20.7 Å². The normalized spacial score (nSPS) is 10.1. The topological polar surface area (TPSA) is 79.5 Å². The van der Waals surface area contributed by atoms with Gasteiger partial charge in [-0.2, -0.15) is 0 Å². The van der Waals surface area contributed by atoms with Gasteiger partial charge in [0.2, 0.25) is 5.91 Å². The molecule has 2 amide bonds. The maximum absolute atomic E-state index is 12.0. The predicted molar refractivity (Wildman–Crippen MR) is 104 cm³/mol. The van der Waals surface area contributed by atoms with Gasteiger partial charge in [-0.05, 0) is 42.8 Å². The van der Waals surface area contributed by atoms with Gasteiger partial charge >= 0.3 is 0 Å². The van der Waals surface area contributed by atoms with Gasteiger partial charge in [0.15, 0.2) is 0 Å². The van der Waals surface area contributed by atoms with Gasteiger partial charge < -0.3 is 20.7 Å². The fraction of sp³-hybridized carbons (Fsp3) is 0.300. The van der Waals surface area contributed by atoms with Crippen LogP contribution in [0.25, 0.3) is 0 Å². The fourth-order valence-corrected chi connectivity index (χ4v) is 2.31. The number of carbonyl (C=O) groups is 2. The summed E-state index contributed by atoms with van der Waals surface area (Å²) >= 11 is 0. The molecule has 0 aliphatic rings. The average molecular weight is 355 g/mol. The van der Waals surface area contributed by atoms with E-state index in [1.807, 2.05) is 24.3 Å². The summed E-state index contributed by atoms with van der Waals surface area (Å²) in [5, 5.41) is 8.70. The molecule has 0 fully saturated rings. The van der Waals surface area contributed by atoms with E-state index < -0.39 is 0 Å². The molecule has 2 aromatic carbocycles. The number of ether oxygens (including phenoxy) is 1. The number of carbonyl (C=O) groups excluding carboxylic acids is 2. The van der Waals surface area contributed by atoms with E-state index in [1.165, 1.54) is 0 Å². The van der Waals surface area contributed by atoms with Crippen LogP contribution in [0.4, 0.5) is 11.4 Å². The second-order valence-electron chi connectivity index (χ2n) is 5.82. The van der Waals surface area contributed by atoms with E-state index in [2.05, 4.69) is 22.9 Å². The highest BCUT2D eigenvalue weighted by atomic mass is 16.5. The molecule has 3 N–H and O–H groups in total. The van der Waals surface area contributed by atoms with Crippen LogP contribution in [0.3, 0.4) is 0 Å². The zero-order valence-corrected chi connectivity index (χ0v) is 15.2. The van der Waals surface area contributed by atoms with E-state index in [-0.39, 0.29) is 18.4 Å². The number of methoxy groups -OCH3 is 1. The van der Waals surface area contributed by atoms with E-state index in [0.29, 0.717) is 17.8 Å². The summed E-state index contributed by atoms with van der Waals surface area (Å²) in [4.78, 5) is 24.0. The van der Waals surface area contributed by atoms with Gasteiger partial charge in [-0.1, -0.05) is 19.4 Å². The zero-order chi connectivity index (χ0) is 18.8. The van der Waals surface area contributed by atoms with Crippen LogP contribution in [0.15, 0.2) is 48.5 Å². The smallest absolute Gasteiger partial charge is 0.251 e. The van der Waals surface area contributed by atoms with Crippen LogP contribution in [0.5, 0.6) is 5.75 Å². The molecule has 0 heterocycles. The minimum atomic E-state index is -0.173. The second-order valence-corrected chi connectivity index (χ2v) is 5.82. The highest BCUT2D eigenvalue weighted by molar-refractivity contribution is 5.96. The molecule has 0 saturated carbocycles. The third-order valence-electron chi connectivity index (χ3n) is 3.77. The Morgan fingerprint density at radius 2 is 1.81 bits per heavy atom. The lowest BCUT2D eigenvalue weighted by atomic mass is 10.2. The van der Waals surface area contributed by atoms with Gasteiger partial charge in [0.25, 0.3) is 5.91 Å². The SMILES string of the molecule is CCCCNC(=O)c1ccc(NC(=O)CNc2cccc(OC)c2)cc1. The van der Waals surface area contributed by atoms with Gasteiger partial charge in [0.1, 0.15) is 5.75 Å². The first-order valence-corrected chi connectivity index (χ1v) is 8.68. The molecule has 0 spiro atoms. The number of rotatable bonds is 9. The molecule has 6 heteroatoms. The van der Waals surface area contributed by atoms with E-state index >= 15 is 0 Å². The highest BCUT2D eigenvalue weighted by Crippen LogP contribution is 2.16. The van der Waals surface area contributed by atoms with Crippen LogP contribution >= 0.6 is 0 Å². The third kappa shape index (κ3) is 6.12. The molecule has 138 valence electrons. The molecule has 0 unspecified atom stereocenters. The van der Waals surface area contributed by atoms with Crippen molar-refractivity contribution in [3.63, 3.8) is 0 Å². The number of anilines is 2. The summed E-state index contributed by atoms with van der Waals surface area (Å²) < 4.78 is 5.15. The van der Waals surface area contributed by atoms with Gasteiger partial charge in [0.05, 0.1) is 13.7 Å². The van der Waals surface area contributed by atoms with Gasteiger partial charge in [-0.3, -0.25) is 9.59 Å². The van der Waals surface area contributed by atoms with Crippen LogP contribution in [0.2, 0.25) is 0 Å². The quantitative estimate of drug-likeness (QED) is 0.603. The Morgan fingerprint density at radius 1 is 1.04 bits per heavy atom. The van der Waals surface area contributed by atoms with E-state index in [0.717, 1.165) is 24.3 Å². The number of amides is 2. The first-order chi connectivity index (χ1) is 12.6. The van der Waals surface area contributed by atoms with Crippen molar-refractivity contribution >= 4 is 23.2 Å². The molecular formula is C20H25N3O3.